The molecule has 0 saturated carbocycles. The Morgan fingerprint density at radius 3 is 2.39 bits per heavy atom. The molecule has 1 aliphatic heterocycles. The molecule has 3 aromatic carbocycles. The predicted molar refractivity (Wildman–Crippen MR) is 133 cm³/mol. The van der Waals surface area contributed by atoms with Gasteiger partial charge >= 0.3 is 0 Å². The van der Waals surface area contributed by atoms with Crippen molar-refractivity contribution in [2.24, 2.45) is 5.92 Å². The molecular formula is C28H29FN2O5. The molecule has 3 N–H and O–H groups in total. The number of carbonyl (C=O) groups excluding carboxylic acids is 2. The SMILES string of the molecule is O=C(COc1ccc([C@@H]2[C@@H](CC[C@H](O)c3ccc(F)cc3)C(=O)N2c2ccccc2)cc1)NCCO. The van der Waals surface area contributed by atoms with E-state index in [0.717, 1.165) is 11.3 Å². The Balaban J connectivity index is 1.46. The van der Waals surface area contributed by atoms with Gasteiger partial charge in [-0.2, -0.15) is 0 Å². The Morgan fingerprint density at radius 2 is 1.72 bits per heavy atom. The van der Waals surface area contributed by atoms with Crippen molar-refractivity contribution < 1.29 is 28.9 Å². The number of ether oxygens (including phenoxy) is 1. The largest absolute Gasteiger partial charge is 0.484 e. The van der Waals surface area contributed by atoms with Crippen LogP contribution in [0.2, 0.25) is 0 Å². The fourth-order valence-electron chi connectivity index (χ4n) is 4.43. The highest BCUT2D eigenvalue weighted by molar-refractivity contribution is 6.03. The first-order valence-electron chi connectivity index (χ1n) is 11.9. The summed E-state index contributed by atoms with van der Waals surface area (Å²) in [6, 6.07) is 22.2. The van der Waals surface area contributed by atoms with Crippen LogP contribution in [-0.4, -0.2) is 41.8 Å². The second kappa shape index (κ2) is 11.8. The lowest BCUT2D eigenvalue weighted by Crippen LogP contribution is -2.55. The van der Waals surface area contributed by atoms with Crippen LogP contribution in [-0.2, 0) is 9.59 Å². The molecule has 0 aromatic heterocycles. The van der Waals surface area contributed by atoms with Crippen molar-refractivity contribution in [2.45, 2.75) is 25.0 Å². The second-order valence-electron chi connectivity index (χ2n) is 8.67. The summed E-state index contributed by atoms with van der Waals surface area (Å²) < 4.78 is 18.7. The maximum Gasteiger partial charge on any atom is 0.258 e. The van der Waals surface area contributed by atoms with E-state index in [2.05, 4.69) is 5.32 Å². The van der Waals surface area contributed by atoms with E-state index in [1.807, 2.05) is 42.5 Å². The Kier molecular flexibility index (Phi) is 8.30. The van der Waals surface area contributed by atoms with Crippen molar-refractivity contribution in [3.8, 4) is 5.75 Å². The third-order valence-corrected chi connectivity index (χ3v) is 6.28. The summed E-state index contributed by atoms with van der Waals surface area (Å²) in [4.78, 5) is 26.6. The number of benzene rings is 3. The van der Waals surface area contributed by atoms with Gasteiger partial charge < -0.3 is 25.2 Å². The molecule has 2 amide bonds. The summed E-state index contributed by atoms with van der Waals surface area (Å²) >= 11 is 0. The monoisotopic (exact) mass is 492 g/mol. The number of para-hydroxylation sites is 1. The molecule has 36 heavy (non-hydrogen) atoms. The van der Waals surface area contributed by atoms with Gasteiger partial charge in [-0.25, -0.2) is 4.39 Å². The normalized spacial score (nSPS) is 17.9. The van der Waals surface area contributed by atoms with Crippen LogP contribution in [0, 0.1) is 11.7 Å². The van der Waals surface area contributed by atoms with Crippen molar-refractivity contribution >= 4 is 17.5 Å². The fourth-order valence-corrected chi connectivity index (χ4v) is 4.43. The zero-order valence-corrected chi connectivity index (χ0v) is 19.7. The molecular weight excluding hydrogens is 463 g/mol. The molecule has 0 unspecified atom stereocenters. The molecule has 1 saturated heterocycles. The number of anilines is 1. The van der Waals surface area contributed by atoms with Gasteiger partial charge in [0.15, 0.2) is 6.61 Å². The number of nitrogens with zero attached hydrogens (tertiary/aromatic N) is 1. The van der Waals surface area contributed by atoms with Crippen LogP contribution in [0.5, 0.6) is 5.75 Å². The van der Waals surface area contributed by atoms with Crippen molar-refractivity contribution in [2.75, 3.05) is 24.7 Å². The van der Waals surface area contributed by atoms with E-state index in [1.54, 1.807) is 29.2 Å². The minimum absolute atomic E-state index is 0.0154. The van der Waals surface area contributed by atoms with Crippen molar-refractivity contribution in [1.29, 1.82) is 0 Å². The van der Waals surface area contributed by atoms with Crippen LogP contribution in [0.25, 0.3) is 0 Å². The highest BCUT2D eigenvalue weighted by Crippen LogP contribution is 2.46. The predicted octanol–water partition coefficient (Wildman–Crippen LogP) is 3.53. The summed E-state index contributed by atoms with van der Waals surface area (Å²) in [5.74, 6) is -0.516. The molecule has 0 bridgehead atoms. The van der Waals surface area contributed by atoms with Crippen LogP contribution in [0.3, 0.4) is 0 Å². The average Bonchev–Trinajstić information content (AvgIpc) is 2.90. The number of hydrogen-bond acceptors (Lipinski definition) is 5. The Hall–Kier alpha value is -3.75. The number of nitrogens with one attached hydrogen (secondary N) is 1. The molecule has 3 aromatic rings. The lowest BCUT2D eigenvalue weighted by Gasteiger charge is -2.48. The van der Waals surface area contributed by atoms with Crippen LogP contribution in [0.1, 0.15) is 36.1 Å². The van der Waals surface area contributed by atoms with Gasteiger partial charge in [0.2, 0.25) is 5.91 Å². The van der Waals surface area contributed by atoms with Crippen LogP contribution in [0.4, 0.5) is 10.1 Å². The number of aliphatic hydroxyl groups excluding tert-OH is 2. The van der Waals surface area contributed by atoms with E-state index < -0.39 is 6.10 Å². The van der Waals surface area contributed by atoms with E-state index in [-0.39, 0.29) is 49.3 Å². The van der Waals surface area contributed by atoms with Crippen molar-refractivity contribution in [1.82, 2.24) is 5.32 Å². The van der Waals surface area contributed by atoms with Crippen LogP contribution >= 0.6 is 0 Å². The zero-order valence-electron chi connectivity index (χ0n) is 19.7. The maximum absolute atomic E-state index is 13.2. The number of β-lactam (4-membered cyclic amide) rings is 1. The molecule has 3 atom stereocenters. The molecule has 8 heteroatoms. The number of aliphatic hydroxyl groups is 2. The Morgan fingerprint density at radius 1 is 1.03 bits per heavy atom. The van der Waals surface area contributed by atoms with Crippen molar-refractivity contribution in [3.63, 3.8) is 0 Å². The first-order valence-corrected chi connectivity index (χ1v) is 11.9. The summed E-state index contributed by atoms with van der Waals surface area (Å²) in [7, 11) is 0. The number of amides is 2. The number of hydrogen-bond donors (Lipinski definition) is 3. The molecule has 0 radical (unpaired) electrons. The fraction of sp³-hybridized carbons (Fsp3) is 0.286. The summed E-state index contributed by atoms with van der Waals surface area (Å²) in [5, 5.41) is 21.9. The van der Waals surface area contributed by atoms with Gasteiger partial charge in [-0.15, -0.1) is 0 Å². The Labute approximate surface area is 209 Å². The van der Waals surface area contributed by atoms with Gasteiger partial charge in [0.25, 0.3) is 5.91 Å². The van der Waals surface area contributed by atoms with Gasteiger partial charge in [-0.05, 0) is 60.4 Å². The molecule has 0 spiro atoms. The van der Waals surface area contributed by atoms with Crippen LogP contribution < -0.4 is 15.0 Å². The lowest BCUT2D eigenvalue weighted by molar-refractivity contribution is -0.131. The minimum Gasteiger partial charge on any atom is -0.484 e. The van der Waals surface area contributed by atoms with E-state index in [4.69, 9.17) is 9.84 Å². The molecule has 1 aliphatic rings. The molecule has 1 heterocycles. The van der Waals surface area contributed by atoms with Gasteiger partial charge in [-0.1, -0.05) is 42.5 Å². The van der Waals surface area contributed by atoms with E-state index >= 15 is 0 Å². The van der Waals surface area contributed by atoms with Gasteiger partial charge in [-0.3, -0.25) is 9.59 Å². The summed E-state index contributed by atoms with van der Waals surface area (Å²) in [6.07, 6.45) is 0.0394. The molecule has 7 nitrogen and oxygen atoms in total. The number of halogens is 1. The first-order chi connectivity index (χ1) is 17.5. The minimum atomic E-state index is -0.794. The van der Waals surface area contributed by atoms with Crippen molar-refractivity contribution in [3.05, 3.63) is 95.8 Å². The third kappa shape index (κ3) is 5.90. The molecule has 1 fully saturated rings. The van der Waals surface area contributed by atoms with Gasteiger partial charge in [0.1, 0.15) is 11.6 Å². The molecule has 0 aliphatic carbocycles. The standard InChI is InChI=1S/C28H29FN2O5/c29-21-10-6-19(7-11-21)25(33)15-14-24-27(31(28(24)35)22-4-2-1-3-5-22)20-8-12-23(13-9-20)36-18-26(34)30-16-17-32/h1-13,24-25,27,32-33H,14-18H2,(H,30,34)/t24-,25+,27-/m1/s1. The summed E-state index contributed by atoms with van der Waals surface area (Å²) in [6.45, 7) is -0.134. The van der Waals surface area contributed by atoms with E-state index in [1.165, 1.54) is 12.1 Å². The average molecular weight is 493 g/mol. The quantitative estimate of drug-likeness (QED) is 0.356. The van der Waals surface area contributed by atoms with Gasteiger partial charge in [0, 0.05) is 12.2 Å². The molecule has 4 rings (SSSR count). The first kappa shape index (κ1) is 25.3. The number of rotatable bonds is 11. The molecule has 188 valence electrons. The van der Waals surface area contributed by atoms with Crippen LogP contribution in [0.15, 0.2) is 78.9 Å². The van der Waals surface area contributed by atoms with E-state index in [0.29, 0.717) is 24.2 Å². The number of carbonyl (C=O) groups is 2. The summed E-state index contributed by atoms with van der Waals surface area (Å²) in [5.41, 5.74) is 2.32. The lowest BCUT2D eigenvalue weighted by atomic mass is 9.78. The van der Waals surface area contributed by atoms with Gasteiger partial charge in [0.05, 0.1) is 24.7 Å². The highest BCUT2D eigenvalue weighted by Gasteiger charge is 2.48. The zero-order chi connectivity index (χ0) is 25.5. The van der Waals surface area contributed by atoms with E-state index in [9.17, 15) is 19.1 Å². The topological polar surface area (TPSA) is 99.1 Å². The Bertz CT molecular complexity index is 1150. The highest BCUT2D eigenvalue weighted by atomic mass is 19.1. The maximum atomic E-state index is 13.2. The second-order valence-corrected chi connectivity index (χ2v) is 8.67. The third-order valence-electron chi connectivity index (χ3n) is 6.28. The smallest absolute Gasteiger partial charge is 0.258 e.